The summed E-state index contributed by atoms with van der Waals surface area (Å²) in [5.41, 5.74) is 1.02. The van der Waals surface area contributed by atoms with Gasteiger partial charge in [-0.1, -0.05) is 11.2 Å². The standard InChI is InChI=1S/C16H16N4O3S/c1-10-6-14(20-23-10)19-16(22)11(2)24-9-15(21)18-13-5-3-4-12(7-13)8-17/h3-7,11H,9H2,1-2H3,(H,18,21)(H,19,20,22)/t11-/m0/s1. The third-order valence-corrected chi connectivity index (χ3v) is 4.13. The molecule has 0 aliphatic heterocycles. The highest BCUT2D eigenvalue weighted by atomic mass is 32.2. The van der Waals surface area contributed by atoms with Crippen LogP contribution in [0.3, 0.4) is 0 Å². The lowest BCUT2D eigenvalue weighted by Gasteiger charge is -2.10. The molecule has 0 bridgehead atoms. The molecule has 1 aromatic carbocycles. The van der Waals surface area contributed by atoms with E-state index in [1.807, 2.05) is 6.07 Å². The van der Waals surface area contributed by atoms with Crippen molar-refractivity contribution >= 4 is 35.1 Å². The first-order chi connectivity index (χ1) is 11.5. The van der Waals surface area contributed by atoms with Crippen molar-refractivity contribution in [2.45, 2.75) is 19.1 Å². The smallest absolute Gasteiger partial charge is 0.238 e. The molecule has 0 aliphatic carbocycles. The largest absolute Gasteiger partial charge is 0.360 e. The van der Waals surface area contributed by atoms with Crippen molar-refractivity contribution in [3.05, 3.63) is 41.7 Å². The van der Waals surface area contributed by atoms with Crippen LogP contribution in [0.5, 0.6) is 0 Å². The second-order valence-electron chi connectivity index (χ2n) is 5.01. The van der Waals surface area contributed by atoms with Gasteiger partial charge in [0.05, 0.1) is 22.6 Å². The molecule has 0 unspecified atom stereocenters. The minimum absolute atomic E-state index is 0.114. The molecule has 2 rings (SSSR count). The molecule has 7 nitrogen and oxygen atoms in total. The molecule has 1 atom stereocenters. The quantitative estimate of drug-likeness (QED) is 0.834. The van der Waals surface area contributed by atoms with Crippen LogP contribution < -0.4 is 10.6 Å². The summed E-state index contributed by atoms with van der Waals surface area (Å²) >= 11 is 1.20. The van der Waals surface area contributed by atoms with Crippen molar-refractivity contribution in [2.75, 3.05) is 16.4 Å². The van der Waals surface area contributed by atoms with Gasteiger partial charge in [-0.05, 0) is 32.0 Å². The van der Waals surface area contributed by atoms with E-state index in [2.05, 4.69) is 15.8 Å². The molecular formula is C16H16N4O3S. The normalized spacial score (nSPS) is 11.4. The van der Waals surface area contributed by atoms with Crippen molar-refractivity contribution in [1.82, 2.24) is 5.16 Å². The van der Waals surface area contributed by atoms with Gasteiger partial charge in [0.1, 0.15) is 5.76 Å². The van der Waals surface area contributed by atoms with E-state index >= 15 is 0 Å². The zero-order valence-electron chi connectivity index (χ0n) is 13.2. The molecule has 2 amide bonds. The number of amides is 2. The fourth-order valence-corrected chi connectivity index (χ4v) is 2.48. The topological polar surface area (TPSA) is 108 Å². The number of hydrogen-bond donors (Lipinski definition) is 2. The maximum atomic E-state index is 12.0. The van der Waals surface area contributed by atoms with Crippen molar-refractivity contribution in [1.29, 1.82) is 5.26 Å². The van der Waals surface area contributed by atoms with Crippen LogP contribution in [-0.2, 0) is 9.59 Å². The Bertz CT molecular complexity index is 782. The highest BCUT2D eigenvalue weighted by Gasteiger charge is 2.16. The van der Waals surface area contributed by atoms with Crippen LogP contribution in [0.25, 0.3) is 0 Å². The number of rotatable bonds is 6. The lowest BCUT2D eigenvalue weighted by atomic mass is 10.2. The van der Waals surface area contributed by atoms with Crippen LogP contribution in [-0.4, -0.2) is 28.0 Å². The number of hydrogen-bond acceptors (Lipinski definition) is 6. The Morgan fingerprint density at radius 2 is 2.17 bits per heavy atom. The van der Waals surface area contributed by atoms with Gasteiger partial charge >= 0.3 is 0 Å². The summed E-state index contributed by atoms with van der Waals surface area (Å²) in [7, 11) is 0. The number of benzene rings is 1. The Morgan fingerprint density at radius 3 is 2.83 bits per heavy atom. The second kappa shape index (κ2) is 8.17. The summed E-state index contributed by atoms with van der Waals surface area (Å²) in [6, 6.07) is 10.3. The first-order valence-corrected chi connectivity index (χ1v) is 8.18. The van der Waals surface area contributed by atoms with Crippen LogP contribution in [0.2, 0.25) is 0 Å². The average molecular weight is 344 g/mol. The van der Waals surface area contributed by atoms with Gasteiger partial charge in [-0.15, -0.1) is 11.8 Å². The van der Waals surface area contributed by atoms with Crippen molar-refractivity contribution in [3.8, 4) is 6.07 Å². The van der Waals surface area contributed by atoms with Gasteiger partial charge in [-0.25, -0.2) is 0 Å². The lowest BCUT2D eigenvalue weighted by molar-refractivity contribution is -0.115. The third kappa shape index (κ3) is 5.14. The zero-order chi connectivity index (χ0) is 17.5. The fraction of sp³-hybridized carbons (Fsp3) is 0.250. The van der Waals surface area contributed by atoms with Gasteiger partial charge in [0.2, 0.25) is 11.8 Å². The maximum Gasteiger partial charge on any atom is 0.238 e. The second-order valence-corrected chi connectivity index (χ2v) is 6.34. The predicted molar refractivity (Wildman–Crippen MR) is 91.6 cm³/mol. The van der Waals surface area contributed by atoms with E-state index in [0.717, 1.165) is 0 Å². The molecule has 0 spiro atoms. The Morgan fingerprint density at radius 1 is 1.38 bits per heavy atom. The summed E-state index contributed by atoms with van der Waals surface area (Å²) in [5.74, 6) is 0.565. The summed E-state index contributed by atoms with van der Waals surface area (Å²) in [4.78, 5) is 23.9. The van der Waals surface area contributed by atoms with Crippen molar-refractivity contribution in [3.63, 3.8) is 0 Å². The molecule has 124 valence electrons. The fourth-order valence-electron chi connectivity index (χ4n) is 1.79. The van der Waals surface area contributed by atoms with Crippen LogP contribution in [0.15, 0.2) is 34.9 Å². The third-order valence-electron chi connectivity index (χ3n) is 2.99. The van der Waals surface area contributed by atoms with E-state index in [-0.39, 0.29) is 17.6 Å². The van der Waals surface area contributed by atoms with Gasteiger partial charge in [0, 0.05) is 11.8 Å². The minimum atomic E-state index is -0.432. The highest BCUT2D eigenvalue weighted by Crippen LogP contribution is 2.15. The minimum Gasteiger partial charge on any atom is -0.360 e. The number of aryl methyl sites for hydroxylation is 1. The first-order valence-electron chi connectivity index (χ1n) is 7.13. The average Bonchev–Trinajstić information content (AvgIpc) is 2.97. The molecule has 2 N–H and O–H groups in total. The Balaban J connectivity index is 1.80. The van der Waals surface area contributed by atoms with Gasteiger partial charge < -0.3 is 15.2 Å². The van der Waals surface area contributed by atoms with Crippen LogP contribution in [0.1, 0.15) is 18.2 Å². The number of carbonyl (C=O) groups is 2. The summed E-state index contributed by atoms with van der Waals surface area (Å²) in [5, 5.41) is 17.4. The Labute approximate surface area is 143 Å². The first kappa shape index (κ1) is 17.6. The number of nitriles is 1. The zero-order valence-corrected chi connectivity index (χ0v) is 14.0. The lowest BCUT2D eigenvalue weighted by Crippen LogP contribution is -2.25. The Hall–Kier alpha value is -2.79. The number of thioether (sulfide) groups is 1. The molecule has 0 saturated carbocycles. The SMILES string of the molecule is Cc1cc(NC(=O)[C@H](C)SCC(=O)Nc2cccc(C#N)c2)no1. The maximum absolute atomic E-state index is 12.0. The molecule has 0 radical (unpaired) electrons. The highest BCUT2D eigenvalue weighted by molar-refractivity contribution is 8.01. The molecule has 1 aromatic heterocycles. The van der Waals surface area contributed by atoms with E-state index in [1.165, 1.54) is 11.8 Å². The summed E-state index contributed by atoms with van der Waals surface area (Å²) in [6.45, 7) is 3.43. The van der Waals surface area contributed by atoms with Crippen LogP contribution >= 0.6 is 11.8 Å². The van der Waals surface area contributed by atoms with Gasteiger partial charge in [-0.3, -0.25) is 9.59 Å². The van der Waals surface area contributed by atoms with Crippen LogP contribution in [0, 0.1) is 18.3 Å². The molecule has 0 aliphatic rings. The van der Waals surface area contributed by atoms with Crippen LogP contribution in [0.4, 0.5) is 11.5 Å². The molecule has 0 fully saturated rings. The Kier molecular flexibility index (Phi) is 5.98. The molecule has 8 heteroatoms. The van der Waals surface area contributed by atoms with E-state index < -0.39 is 5.25 Å². The molecule has 2 aromatic rings. The van der Waals surface area contributed by atoms with Gasteiger partial charge in [0.25, 0.3) is 0 Å². The van der Waals surface area contributed by atoms with E-state index in [4.69, 9.17) is 9.78 Å². The molecule has 24 heavy (non-hydrogen) atoms. The van der Waals surface area contributed by atoms with E-state index in [0.29, 0.717) is 22.8 Å². The summed E-state index contributed by atoms with van der Waals surface area (Å²) in [6.07, 6.45) is 0. The molecule has 1 heterocycles. The van der Waals surface area contributed by atoms with E-state index in [1.54, 1.807) is 44.2 Å². The number of carbonyl (C=O) groups excluding carboxylic acids is 2. The van der Waals surface area contributed by atoms with Gasteiger partial charge in [-0.2, -0.15) is 5.26 Å². The number of anilines is 2. The predicted octanol–water partition coefficient (Wildman–Crippen LogP) is 2.55. The number of nitrogens with zero attached hydrogens (tertiary/aromatic N) is 2. The summed E-state index contributed by atoms with van der Waals surface area (Å²) < 4.78 is 4.87. The van der Waals surface area contributed by atoms with Gasteiger partial charge in [0.15, 0.2) is 5.82 Å². The number of aromatic nitrogens is 1. The monoisotopic (exact) mass is 344 g/mol. The van der Waals surface area contributed by atoms with Crippen molar-refractivity contribution in [2.24, 2.45) is 0 Å². The van der Waals surface area contributed by atoms with E-state index in [9.17, 15) is 9.59 Å². The number of nitrogens with one attached hydrogen (secondary N) is 2. The molecular weight excluding hydrogens is 328 g/mol. The molecule has 0 saturated heterocycles. The van der Waals surface area contributed by atoms with Crippen molar-refractivity contribution < 1.29 is 14.1 Å².